The minimum absolute atomic E-state index is 0.0305. The van der Waals surface area contributed by atoms with Crippen molar-refractivity contribution in [3.63, 3.8) is 0 Å². The van der Waals surface area contributed by atoms with Crippen LogP contribution in [0, 0.1) is 25.2 Å². The normalized spacial score (nSPS) is 11.2. The van der Waals surface area contributed by atoms with Gasteiger partial charge in [-0.15, -0.1) is 5.10 Å². The molecule has 0 saturated heterocycles. The second-order valence-corrected chi connectivity index (χ2v) is 4.07. The van der Waals surface area contributed by atoms with Crippen molar-refractivity contribution in [3.05, 3.63) is 16.8 Å². The van der Waals surface area contributed by atoms with Crippen LogP contribution in [0.2, 0.25) is 0 Å². The first-order valence-electron chi connectivity index (χ1n) is 4.28. The topological polar surface area (TPSA) is 49.6 Å². The predicted octanol–water partition coefficient (Wildman–Crippen LogP) is 2.62. The number of hydrogen-bond donors (Lipinski definition) is 0. The lowest BCUT2D eigenvalue weighted by atomic mass is 10.1. The molecule has 1 heterocycles. The molecule has 0 fully saturated rings. The van der Waals surface area contributed by atoms with Crippen molar-refractivity contribution in [2.75, 3.05) is 5.75 Å². The summed E-state index contributed by atoms with van der Waals surface area (Å²) in [5.41, 5.74) is 1.29. The molecular formula is C9H8F3N3S. The van der Waals surface area contributed by atoms with Crippen molar-refractivity contribution in [1.82, 2.24) is 10.2 Å². The maximum absolute atomic E-state index is 12.0. The van der Waals surface area contributed by atoms with Crippen molar-refractivity contribution in [2.24, 2.45) is 0 Å². The SMILES string of the molecule is Cc1nnc(SCC(F)(F)F)c(C#N)c1C. The highest BCUT2D eigenvalue weighted by Crippen LogP contribution is 2.29. The van der Waals surface area contributed by atoms with E-state index in [4.69, 9.17) is 5.26 Å². The minimum Gasteiger partial charge on any atom is -0.192 e. The molecule has 0 N–H and O–H groups in total. The highest BCUT2D eigenvalue weighted by Gasteiger charge is 2.28. The van der Waals surface area contributed by atoms with Crippen LogP contribution in [0.15, 0.2) is 5.03 Å². The Morgan fingerprint density at radius 2 is 1.94 bits per heavy atom. The molecule has 1 aromatic rings. The number of hydrogen-bond acceptors (Lipinski definition) is 4. The molecule has 86 valence electrons. The number of thioether (sulfide) groups is 1. The molecule has 3 nitrogen and oxygen atoms in total. The molecule has 1 rings (SSSR count). The van der Waals surface area contributed by atoms with Gasteiger partial charge in [-0.3, -0.25) is 0 Å². The third-order valence-corrected chi connectivity index (χ3v) is 2.94. The van der Waals surface area contributed by atoms with Gasteiger partial charge in [0.25, 0.3) is 0 Å². The van der Waals surface area contributed by atoms with E-state index in [0.717, 1.165) is 0 Å². The molecular weight excluding hydrogens is 239 g/mol. The number of nitrogens with zero attached hydrogens (tertiary/aromatic N) is 3. The molecule has 0 saturated carbocycles. The largest absolute Gasteiger partial charge is 0.398 e. The minimum atomic E-state index is -4.28. The molecule has 0 spiro atoms. The quantitative estimate of drug-likeness (QED) is 0.754. The monoisotopic (exact) mass is 247 g/mol. The van der Waals surface area contributed by atoms with Crippen LogP contribution in [0.3, 0.4) is 0 Å². The van der Waals surface area contributed by atoms with Gasteiger partial charge >= 0.3 is 6.18 Å². The first-order valence-corrected chi connectivity index (χ1v) is 5.27. The fourth-order valence-electron chi connectivity index (χ4n) is 0.970. The smallest absolute Gasteiger partial charge is 0.192 e. The highest BCUT2D eigenvalue weighted by molar-refractivity contribution is 7.99. The Morgan fingerprint density at radius 1 is 1.31 bits per heavy atom. The molecule has 16 heavy (non-hydrogen) atoms. The maximum atomic E-state index is 12.0. The number of alkyl halides is 3. The van der Waals surface area contributed by atoms with Crippen LogP contribution in [-0.4, -0.2) is 22.1 Å². The van der Waals surface area contributed by atoms with E-state index in [9.17, 15) is 13.2 Å². The van der Waals surface area contributed by atoms with Crippen LogP contribution in [-0.2, 0) is 0 Å². The van der Waals surface area contributed by atoms with Gasteiger partial charge in [0.15, 0.2) is 0 Å². The zero-order chi connectivity index (χ0) is 12.3. The first-order chi connectivity index (χ1) is 7.35. The Labute approximate surface area is 94.7 Å². The number of rotatable bonds is 2. The zero-order valence-electron chi connectivity index (χ0n) is 8.59. The molecule has 0 unspecified atom stereocenters. The van der Waals surface area contributed by atoms with Gasteiger partial charge in [0, 0.05) is 0 Å². The summed E-state index contributed by atoms with van der Waals surface area (Å²) in [4.78, 5) is 0. The van der Waals surface area contributed by atoms with Crippen LogP contribution in [0.5, 0.6) is 0 Å². The van der Waals surface area contributed by atoms with Gasteiger partial charge in [0.05, 0.1) is 17.0 Å². The van der Waals surface area contributed by atoms with Gasteiger partial charge in [0.2, 0.25) is 0 Å². The number of aryl methyl sites for hydroxylation is 1. The lowest BCUT2D eigenvalue weighted by Gasteiger charge is -2.08. The molecule has 0 aliphatic heterocycles. The van der Waals surface area contributed by atoms with Crippen LogP contribution in [0.4, 0.5) is 13.2 Å². The summed E-state index contributed by atoms with van der Waals surface area (Å²) >= 11 is 0.480. The lowest BCUT2D eigenvalue weighted by Crippen LogP contribution is -2.11. The summed E-state index contributed by atoms with van der Waals surface area (Å²) in [5, 5.41) is 16.2. The maximum Gasteiger partial charge on any atom is 0.398 e. The van der Waals surface area contributed by atoms with E-state index < -0.39 is 11.9 Å². The summed E-state index contributed by atoms with van der Waals surface area (Å²) in [5.74, 6) is -1.07. The summed E-state index contributed by atoms with van der Waals surface area (Å²) in [6, 6.07) is 1.85. The first kappa shape index (κ1) is 12.8. The van der Waals surface area contributed by atoms with E-state index in [0.29, 0.717) is 23.0 Å². The van der Waals surface area contributed by atoms with Crippen LogP contribution in [0.1, 0.15) is 16.8 Å². The molecule has 0 bridgehead atoms. The van der Waals surface area contributed by atoms with Crippen LogP contribution >= 0.6 is 11.8 Å². The van der Waals surface area contributed by atoms with Gasteiger partial charge in [0.1, 0.15) is 11.1 Å². The molecule has 0 aromatic carbocycles. The van der Waals surface area contributed by atoms with Gasteiger partial charge in [-0.05, 0) is 19.4 Å². The Kier molecular flexibility index (Phi) is 3.75. The zero-order valence-corrected chi connectivity index (χ0v) is 9.41. The van der Waals surface area contributed by atoms with Crippen molar-refractivity contribution >= 4 is 11.8 Å². The second-order valence-electron chi connectivity index (χ2n) is 3.11. The van der Waals surface area contributed by atoms with Gasteiger partial charge in [-0.1, -0.05) is 11.8 Å². The average molecular weight is 247 g/mol. The Hall–Kier alpha value is -1.29. The molecule has 0 aliphatic rings. The molecule has 0 atom stereocenters. The Bertz CT molecular complexity index is 437. The van der Waals surface area contributed by atoms with Crippen LogP contribution in [0.25, 0.3) is 0 Å². The molecule has 1 aromatic heterocycles. The average Bonchev–Trinajstić information content (AvgIpc) is 2.18. The highest BCUT2D eigenvalue weighted by atomic mass is 32.2. The van der Waals surface area contributed by atoms with E-state index in [1.165, 1.54) is 0 Å². The standard InChI is InChI=1S/C9H8F3N3S/c1-5-6(2)14-15-8(7(5)3-13)16-4-9(10,11)12/h4H2,1-2H3. The number of nitriles is 1. The van der Waals surface area contributed by atoms with Gasteiger partial charge in [-0.25, -0.2) is 0 Å². The number of halogens is 3. The molecule has 0 amide bonds. The Morgan fingerprint density at radius 3 is 2.44 bits per heavy atom. The molecule has 0 radical (unpaired) electrons. The Balaban J connectivity index is 2.98. The molecule has 0 aliphatic carbocycles. The predicted molar refractivity (Wildman–Crippen MR) is 53.0 cm³/mol. The summed E-state index contributed by atoms with van der Waals surface area (Å²) < 4.78 is 36.0. The van der Waals surface area contributed by atoms with Crippen molar-refractivity contribution in [2.45, 2.75) is 25.0 Å². The van der Waals surface area contributed by atoms with E-state index in [2.05, 4.69) is 10.2 Å². The fourth-order valence-corrected chi connectivity index (χ4v) is 1.71. The third-order valence-electron chi connectivity index (χ3n) is 1.91. The van der Waals surface area contributed by atoms with E-state index in [1.54, 1.807) is 13.8 Å². The fraction of sp³-hybridized carbons (Fsp3) is 0.444. The van der Waals surface area contributed by atoms with Crippen molar-refractivity contribution in [1.29, 1.82) is 5.26 Å². The van der Waals surface area contributed by atoms with E-state index in [1.807, 2.05) is 6.07 Å². The van der Waals surface area contributed by atoms with E-state index >= 15 is 0 Å². The van der Waals surface area contributed by atoms with Gasteiger partial charge < -0.3 is 0 Å². The van der Waals surface area contributed by atoms with Crippen molar-refractivity contribution < 1.29 is 13.2 Å². The summed E-state index contributed by atoms with van der Waals surface area (Å²) in [6.45, 7) is 3.29. The summed E-state index contributed by atoms with van der Waals surface area (Å²) in [7, 11) is 0. The third kappa shape index (κ3) is 3.10. The van der Waals surface area contributed by atoms with Gasteiger partial charge in [-0.2, -0.15) is 23.5 Å². The number of aromatic nitrogens is 2. The lowest BCUT2D eigenvalue weighted by molar-refractivity contribution is -0.105. The van der Waals surface area contributed by atoms with Crippen molar-refractivity contribution in [3.8, 4) is 6.07 Å². The van der Waals surface area contributed by atoms with E-state index in [-0.39, 0.29) is 10.6 Å². The second kappa shape index (κ2) is 4.70. The van der Waals surface area contributed by atoms with Crippen LogP contribution < -0.4 is 0 Å². The molecule has 7 heteroatoms. The summed E-state index contributed by atoms with van der Waals surface area (Å²) in [6.07, 6.45) is -4.28.